The molecule has 3 rings (SSSR count). The zero-order valence-electron chi connectivity index (χ0n) is 15.0. The van der Waals surface area contributed by atoms with E-state index in [1.807, 2.05) is 12.1 Å². The lowest BCUT2D eigenvalue weighted by molar-refractivity contribution is 0.566. The van der Waals surface area contributed by atoms with Crippen molar-refractivity contribution in [3.05, 3.63) is 58.0 Å². The Morgan fingerprint density at radius 2 is 1.80 bits per heavy atom. The molecule has 0 N–H and O–H groups in total. The van der Waals surface area contributed by atoms with E-state index in [-0.39, 0.29) is 16.9 Å². The first-order chi connectivity index (χ1) is 12.1. The van der Waals surface area contributed by atoms with Crippen molar-refractivity contribution in [2.24, 2.45) is 0 Å². The van der Waals surface area contributed by atoms with Crippen LogP contribution in [0, 0.1) is 5.82 Å². The summed E-state index contributed by atoms with van der Waals surface area (Å²) in [6.07, 6.45) is 7.22. The molecule has 2 nitrogen and oxygen atoms in total. The Labute approximate surface area is 147 Å². The van der Waals surface area contributed by atoms with Crippen molar-refractivity contribution in [3.8, 4) is 0 Å². The molecule has 0 fully saturated rings. The maximum atomic E-state index is 14.0. The predicted molar refractivity (Wildman–Crippen MR) is 102 cm³/mol. The highest BCUT2D eigenvalue weighted by atomic mass is 19.1. The molecule has 3 aromatic rings. The summed E-state index contributed by atoms with van der Waals surface area (Å²) in [4.78, 5) is 13.0. The average molecular weight is 340 g/mol. The molecule has 0 saturated heterocycles. The maximum absolute atomic E-state index is 14.0. The Balaban J connectivity index is 1.97. The van der Waals surface area contributed by atoms with Crippen LogP contribution in [0.2, 0.25) is 0 Å². The summed E-state index contributed by atoms with van der Waals surface area (Å²) in [6, 6.07) is 10.2. The van der Waals surface area contributed by atoms with Crippen molar-refractivity contribution in [2.75, 3.05) is 0 Å². The van der Waals surface area contributed by atoms with Gasteiger partial charge < -0.3 is 4.42 Å². The number of hydrogen-bond acceptors (Lipinski definition) is 2. The third-order valence-electron chi connectivity index (χ3n) is 4.98. The van der Waals surface area contributed by atoms with E-state index in [0.717, 1.165) is 18.4 Å². The molecule has 0 aliphatic heterocycles. The van der Waals surface area contributed by atoms with Gasteiger partial charge in [-0.05, 0) is 36.1 Å². The summed E-state index contributed by atoms with van der Waals surface area (Å²) in [7, 11) is 0. The zero-order chi connectivity index (χ0) is 17.8. The molecular weight excluding hydrogens is 315 g/mol. The van der Waals surface area contributed by atoms with Crippen LogP contribution in [-0.4, -0.2) is 0 Å². The zero-order valence-corrected chi connectivity index (χ0v) is 15.0. The van der Waals surface area contributed by atoms with Crippen LogP contribution in [0.15, 0.2) is 45.6 Å². The lowest BCUT2D eigenvalue weighted by Gasteiger charge is -2.14. The van der Waals surface area contributed by atoms with Gasteiger partial charge in [0.15, 0.2) is 11.4 Å². The van der Waals surface area contributed by atoms with Crippen LogP contribution in [0.3, 0.4) is 0 Å². The highest BCUT2D eigenvalue weighted by Crippen LogP contribution is 2.30. The summed E-state index contributed by atoms with van der Waals surface area (Å²) in [6.45, 7) is 4.37. The number of fused-ring (bicyclic) bond motifs is 2. The fraction of sp³-hybridized carbons (Fsp3) is 0.409. The highest BCUT2D eigenvalue weighted by Gasteiger charge is 2.16. The van der Waals surface area contributed by atoms with Crippen LogP contribution in [0.1, 0.15) is 63.9 Å². The summed E-state index contributed by atoms with van der Waals surface area (Å²) >= 11 is 0. The summed E-state index contributed by atoms with van der Waals surface area (Å²) in [5.74, 6) is -0.217. The van der Waals surface area contributed by atoms with Gasteiger partial charge in [-0.15, -0.1) is 0 Å². The van der Waals surface area contributed by atoms with Crippen molar-refractivity contribution >= 4 is 21.9 Å². The molecule has 25 heavy (non-hydrogen) atoms. The number of rotatable bonds is 7. The van der Waals surface area contributed by atoms with Crippen LogP contribution < -0.4 is 5.43 Å². The SMILES string of the molecule is CCCCCCCC(C)c1cccc2oc3c(F)cccc3c(=O)c12. The fourth-order valence-electron chi connectivity index (χ4n) is 3.53. The van der Waals surface area contributed by atoms with Crippen molar-refractivity contribution in [2.45, 2.75) is 58.3 Å². The lowest BCUT2D eigenvalue weighted by atomic mass is 9.91. The second-order valence-electron chi connectivity index (χ2n) is 6.87. The second kappa shape index (κ2) is 7.81. The Morgan fingerprint density at radius 3 is 2.60 bits per heavy atom. The molecule has 0 aliphatic rings. The third kappa shape index (κ3) is 3.60. The smallest absolute Gasteiger partial charge is 0.200 e. The molecule has 0 spiro atoms. The van der Waals surface area contributed by atoms with Gasteiger partial charge in [-0.3, -0.25) is 4.79 Å². The van der Waals surface area contributed by atoms with E-state index in [4.69, 9.17) is 4.42 Å². The van der Waals surface area contributed by atoms with E-state index in [1.54, 1.807) is 18.2 Å². The van der Waals surface area contributed by atoms with E-state index >= 15 is 0 Å². The molecular formula is C22H25FO2. The van der Waals surface area contributed by atoms with Crippen molar-refractivity contribution < 1.29 is 8.81 Å². The molecule has 1 atom stereocenters. The van der Waals surface area contributed by atoms with Crippen LogP contribution in [-0.2, 0) is 0 Å². The van der Waals surface area contributed by atoms with Gasteiger partial charge in [0.2, 0.25) is 5.43 Å². The van der Waals surface area contributed by atoms with Crippen molar-refractivity contribution in [1.82, 2.24) is 0 Å². The molecule has 1 heterocycles. The Bertz CT molecular complexity index is 926. The number of benzene rings is 2. The molecule has 2 aromatic carbocycles. The molecule has 0 amide bonds. The van der Waals surface area contributed by atoms with Gasteiger partial charge in [0.1, 0.15) is 5.58 Å². The highest BCUT2D eigenvalue weighted by molar-refractivity contribution is 5.91. The molecule has 0 aliphatic carbocycles. The van der Waals surface area contributed by atoms with E-state index in [9.17, 15) is 9.18 Å². The Kier molecular flexibility index (Phi) is 5.52. The molecule has 3 heteroatoms. The van der Waals surface area contributed by atoms with Crippen molar-refractivity contribution in [3.63, 3.8) is 0 Å². The van der Waals surface area contributed by atoms with Crippen LogP contribution in [0.25, 0.3) is 21.9 Å². The average Bonchev–Trinajstić information content (AvgIpc) is 2.62. The third-order valence-corrected chi connectivity index (χ3v) is 4.98. The minimum absolute atomic E-state index is 0.0457. The quantitative estimate of drug-likeness (QED) is 0.360. The van der Waals surface area contributed by atoms with Crippen molar-refractivity contribution in [1.29, 1.82) is 0 Å². The summed E-state index contributed by atoms with van der Waals surface area (Å²) < 4.78 is 19.7. The second-order valence-corrected chi connectivity index (χ2v) is 6.87. The number of halogens is 1. The van der Waals surface area contributed by atoms with E-state index in [1.165, 1.54) is 31.7 Å². The van der Waals surface area contributed by atoms with Gasteiger partial charge in [-0.1, -0.05) is 64.2 Å². The summed E-state index contributed by atoms with van der Waals surface area (Å²) in [5.41, 5.74) is 1.39. The fourth-order valence-corrected chi connectivity index (χ4v) is 3.53. The monoisotopic (exact) mass is 340 g/mol. The molecule has 0 bridgehead atoms. The molecule has 0 radical (unpaired) electrons. The minimum Gasteiger partial charge on any atom is -0.453 e. The summed E-state index contributed by atoms with van der Waals surface area (Å²) in [5, 5.41) is 0.914. The van der Waals surface area contributed by atoms with Gasteiger partial charge in [0, 0.05) is 0 Å². The topological polar surface area (TPSA) is 30.2 Å². The molecule has 132 valence electrons. The van der Waals surface area contributed by atoms with Gasteiger partial charge in [0.25, 0.3) is 0 Å². The lowest BCUT2D eigenvalue weighted by Crippen LogP contribution is -2.08. The van der Waals surface area contributed by atoms with Gasteiger partial charge >= 0.3 is 0 Å². The van der Waals surface area contributed by atoms with E-state index < -0.39 is 5.82 Å². The maximum Gasteiger partial charge on any atom is 0.200 e. The Morgan fingerprint density at radius 1 is 1.04 bits per heavy atom. The first-order valence-corrected chi connectivity index (χ1v) is 9.27. The normalized spacial score (nSPS) is 12.8. The Hall–Kier alpha value is -2.16. The number of unbranched alkanes of at least 4 members (excludes halogenated alkanes) is 4. The predicted octanol–water partition coefficient (Wildman–Crippen LogP) is 6.55. The van der Waals surface area contributed by atoms with Gasteiger partial charge in [-0.25, -0.2) is 4.39 Å². The van der Waals surface area contributed by atoms with Gasteiger partial charge in [-0.2, -0.15) is 0 Å². The van der Waals surface area contributed by atoms with E-state index in [2.05, 4.69) is 13.8 Å². The molecule has 0 saturated carbocycles. The molecule has 1 unspecified atom stereocenters. The largest absolute Gasteiger partial charge is 0.453 e. The first-order valence-electron chi connectivity index (χ1n) is 9.27. The minimum atomic E-state index is -0.495. The first kappa shape index (κ1) is 17.7. The van der Waals surface area contributed by atoms with Crippen LogP contribution in [0.4, 0.5) is 4.39 Å². The molecule has 1 aromatic heterocycles. The standard InChI is InChI=1S/C22H25FO2/c1-3-4-5-6-7-10-15(2)16-11-9-14-19-20(16)21(24)17-12-8-13-18(23)22(17)25-19/h8-9,11-15H,3-7,10H2,1-2H3. The van der Waals surface area contributed by atoms with Gasteiger partial charge in [0.05, 0.1) is 10.8 Å². The van der Waals surface area contributed by atoms with Crippen LogP contribution in [0.5, 0.6) is 0 Å². The number of hydrogen-bond donors (Lipinski definition) is 0. The number of para-hydroxylation sites is 1. The van der Waals surface area contributed by atoms with Crippen LogP contribution >= 0.6 is 0 Å². The van der Waals surface area contributed by atoms with E-state index in [0.29, 0.717) is 16.4 Å².